The van der Waals surface area contributed by atoms with Crippen LogP contribution in [0.5, 0.6) is 5.75 Å². The number of amides is 1. The Balaban J connectivity index is 0.00000225. The van der Waals surface area contributed by atoms with Gasteiger partial charge in [-0.05, 0) is 37.4 Å². The summed E-state index contributed by atoms with van der Waals surface area (Å²) in [5.74, 6) is -0.673. The molecule has 1 heterocycles. The Hall–Kier alpha value is -1.40. The molecule has 0 spiro atoms. The highest BCUT2D eigenvalue weighted by Gasteiger charge is 2.36. The molecule has 0 radical (unpaired) electrons. The fourth-order valence-electron chi connectivity index (χ4n) is 3.82. The molecular formula is C18H25ClF2N2O2. The minimum atomic E-state index is -0.690. The molecule has 0 aromatic heterocycles. The minimum absolute atomic E-state index is 0. The summed E-state index contributed by atoms with van der Waals surface area (Å²) in [5.41, 5.74) is 5.77. The molecule has 140 valence electrons. The molecular weight excluding hydrogens is 350 g/mol. The molecule has 25 heavy (non-hydrogen) atoms. The number of halogens is 3. The smallest absolute Gasteiger partial charge is 0.226 e. The zero-order chi connectivity index (χ0) is 17.1. The highest BCUT2D eigenvalue weighted by Crippen LogP contribution is 2.33. The van der Waals surface area contributed by atoms with E-state index in [9.17, 15) is 13.6 Å². The van der Waals surface area contributed by atoms with Gasteiger partial charge in [-0.15, -0.1) is 12.4 Å². The molecule has 3 rings (SSSR count). The van der Waals surface area contributed by atoms with Crippen molar-refractivity contribution in [1.82, 2.24) is 4.90 Å². The fourth-order valence-corrected chi connectivity index (χ4v) is 3.82. The van der Waals surface area contributed by atoms with Gasteiger partial charge in [-0.25, -0.2) is 8.78 Å². The van der Waals surface area contributed by atoms with E-state index in [0.29, 0.717) is 38.4 Å². The average molecular weight is 375 g/mol. The van der Waals surface area contributed by atoms with Crippen molar-refractivity contribution in [2.45, 2.75) is 38.2 Å². The van der Waals surface area contributed by atoms with Crippen LogP contribution in [0, 0.1) is 23.5 Å². The molecule has 2 atom stereocenters. The minimum Gasteiger partial charge on any atom is -0.487 e. The van der Waals surface area contributed by atoms with E-state index >= 15 is 0 Å². The van der Waals surface area contributed by atoms with Gasteiger partial charge in [0, 0.05) is 37.9 Å². The topological polar surface area (TPSA) is 55.6 Å². The van der Waals surface area contributed by atoms with Gasteiger partial charge in [0.1, 0.15) is 11.9 Å². The Morgan fingerprint density at radius 3 is 2.56 bits per heavy atom. The maximum absolute atomic E-state index is 13.7. The highest BCUT2D eigenvalue weighted by molar-refractivity contribution is 5.85. The van der Waals surface area contributed by atoms with Gasteiger partial charge in [-0.2, -0.15) is 0 Å². The summed E-state index contributed by atoms with van der Waals surface area (Å²) in [7, 11) is 0. The number of carbonyl (C=O) groups excluding carboxylic acids is 1. The van der Waals surface area contributed by atoms with Crippen LogP contribution in [0.1, 0.15) is 32.1 Å². The summed E-state index contributed by atoms with van der Waals surface area (Å²) < 4.78 is 32.2. The van der Waals surface area contributed by atoms with E-state index in [2.05, 4.69) is 0 Å². The molecule has 1 amide bonds. The van der Waals surface area contributed by atoms with E-state index in [4.69, 9.17) is 10.5 Å². The maximum Gasteiger partial charge on any atom is 0.226 e. The monoisotopic (exact) mass is 374 g/mol. The van der Waals surface area contributed by atoms with Crippen LogP contribution in [0.15, 0.2) is 18.2 Å². The lowest BCUT2D eigenvalue weighted by molar-refractivity contribution is -0.138. The van der Waals surface area contributed by atoms with Crippen LogP contribution in [-0.2, 0) is 4.79 Å². The van der Waals surface area contributed by atoms with Gasteiger partial charge in [0.05, 0.1) is 0 Å². The first-order valence-corrected chi connectivity index (χ1v) is 8.69. The lowest BCUT2D eigenvalue weighted by atomic mass is 9.93. The molecule has 2 aliphatic rings. The number of ether oxygens (including phenoxy) is 1. The number of carbonyl (C=O) groups is 1. The molecule has 0 bridgehead atoms. The van der Waals surface area contributed by atoms with Crippen LogP contribution in [0.3, 0.4) is 0 Å². The third-order valence-corrected chi connectivity index (χ3v) is 5.22. The number of piperidine rings is 1. The van der Waals surface area contributed by atoms with Crippen molar-refractivity contribution < 1.29 is 18.3 Å². The number of hydrogen-bond acceptors (Lipinski definition) is 3. The van der Waals surface area contributed by atoms with E-state index < -0.39 is 11.6 Å². The van der Waals surface area contributed by atoms with E-state index in [1.807, 2.05) is 4.90 Å². The van der Waals surface area contributed by atoms with Gasteiger partial charge < -0.3 is 15.4 Å². The number of likely N-dealkylation sites (tertiary alicyclic amines) is 1. The lowest BCUT2D eigenvalue weighted by Gasteiger charge is -2.34. The molecule has 1 saturated heterocycles. The van der Waals surface area contributed by atoms with Crippen LogP contribution in [-0.4, -0.2) is 36.5 Å². The number of nitrogens with zero attached hydrogens (tertiary/aromatic N) is 1. The molecule has 7 heteroatoms. The Morgan fingerprint density at radius 1 is 1.20 bits per heavy atom. The second kappa shape index (κ2) is 8.81. The van der Waals surface area contributed by atoms with Crippen molar-refractivity contribution in [3.63, 3.8) is 0 Å². The first-order valence-electron chi connectivity index (χ1n) is 8.69. The van der Waals surface area contributed by atoms with Crippen molar-refractivity contribution in [3.05, 3.63) is 29.8 Å². The summed E-state index contributed by atoms with van der Waals surface area (Å²) in [5, 5.41) is 0. The van der Waals surface area contributed by atoms with Gasteiger partial charge in [-0.3, -0.25) is 4.79 Å². The summed E-state index contributed by atoms with van der Waals surface area (Å²) >= 11 is 0. The van der Waals surface area contributed by atoms with Crippen molar-refractivity contribution in [2.75, 3.05) is 19.6 Å². The van der Waals surface area contributed by atoms with Gasteiger partial charge in [-0.1, -0.05) is 6.42 Å². The molecule has 1 aromatic carbocycles. The van der Waals surface area contributed by atoms with Gasteiger partial charge in [0.15, 0.2) is 11.6 Å². The van der Waals surface area contributed by atoms with Crippen molar-refractivity contribution in [3.8, 4) is 5.75 Å². The first kappa shape index (κ1) is 19.9. The predicted molar refractivity (Wildman–Crippen MR) is 93.7 cm³/mol. The molecule has 1 aliphatic carbocycles. The zero-order valence-electron chi connectivity index (χ0n) is 14.1. The van der Waals surface area contributed by atoms with Gasteiger partial charge in [0.25, 0.3) is 0 Å². The normalized spacial score (nSPS) is 24.0. The van der Waals surface area contributed by atoms with E-state index in [-0.39, 0.29) is 36.1 Å². The molecule has 4 nitrogen and oxygen atoms in total. The first-order chi connectivity index (χ1) is 11.6. The second-order valence-electron chi connectivity index (χ2n) is 6.75. The second-order valence-corrected chi connectivity index (χ2v) is 6.75. The Morgan fingerprint density at radius 2 is 1.92 bits per heavy atom. The molecule has 0 unspecified atom stereocenters. The third kappa shape index (κ3) is 4.61. The molecule has 2 N–H and O–H groups in total. The number of benzene rings is 1. The third-order valence-electron chi connectivity index (χ3n) is 5.22. The van der Waals surface area contributed by atoms with Crippen molar-refractivity contribution >= 4 is 18.3 Å². The molecule has 1 aliphatic heterocycles. The fraction of sp³-hybridized carbons (Fsp3) is 0.611. The number of nitrogens with two attached hydrogens (primary N) is 1. The molecule has 1 saturated carbocycles. The van der Waals surface area contributed by atoms with Crippen LogP contribution in [0.25, 0.3) is 0 Å². The predicted octanol–water partition coefficient (Wildman–Crippen LogP) is 3.13. The standard InChI is InChI=1S/C18H24F2N2O2.ClH/c19-13-4-5-17(16(20)10-13)24-14-6-8-22(9-7-14)18(23)15-3-1-2-12(15)11-21;/h4-5,10,12,14-15H,1-3,6-9,11,21H2;1H/t12-,15-;/m1./s1. The Kier molecular flexibility index (Phi) is 7.02. The van der Waals surface area contributed by atoms with Gasteiger partial charge >= 0.3 is 0 Å². The van der Waals surface area contributed by atoms with Crippen LogP contribution in [0.2, 0.25) is 0 Å². The van der Waals surface area contributed by atoms with Gasteiger partial charge in [0.2, 0.25) is 5.91 Å². The van der Waals surface area contributed by atoms with Crippen LogP contribution >= 0.6 is 12.4 Å². The van der Waals surface area contributed by atoms with E-state index in [0.717, 1.165) is 25.3 Å². The lowest BCUT2D eigenvalue weighted by Crippen LogP contribution is -2.45. The number of hydrogen-bond donors (Lipinski definition) is 1. The zero-order valence-corrected chi connectivity index (χ0v) is 14.9. The SMILES string of the molecule is Cl.NC[C@H]1CCC[C@H]1C(=O)N1CCC(Oc2ccc(F)cc2F)CC1. The molecule has 1 aromatic rings. The largest absolute Gasteiger partial charge is 0.487 e. The highest BCUT2D eigenvalue weighted by atomic mass is 35.5. The summed E-state index contributed by atoms with van der Waals surface area (Å²) in [6.45, 7) is 1.79. The van der Waals surface area contributed by atoms with Crippen molar-refractivity contribution in [2.24, 2.45) is 17.6 Å². The number of rotatable bonds is 4. The summed E-state index contributed by atoms with van der Waals surface area (Å²) in [4.78, 5) is 14.5. The quantitative estimate of drug-likeness (QED) is 0.880. The molecule has 2 fully saturated rings. The van der Waals surface area contributed by atoms with E-state index in [1.54, 1.807) is 0 Å². The van der Waals surface area contributed by atoms with Crippen LogP contribution < -0.4 is 10.5 Å². The maximum atomic E-state index is 13.7. The van der Waals surface area contributed by atoms with E-state index in [1.165, 1.54) is 12.1 Å². The Bertz CT molecular complexity index is 594. The summed E-state index contributed by atoms with van der Waals surface area (Å²) in [6.07, 6.45) is 4.20. The average Bonchev–Trinajstić information content (AvgIpc) is 3.06. The summed E-state index contributed by atoms with van der Waals surface area (Å²) in [6, 6.07) is 3.32. The Labute approximate surface area is 153 Å². The van der Waals surface area contributed by atoms with Crippen molar-refractivity contribution in [1.29, 1.82) is 0 Å². The van der Waals surface area contributed by atoms with Crippen LogP contribution in [0.4, 0.5) is 8.78 Å².